The van der Waals surface area contributed by atoms with E-state index in [0.717, 1.165) is 6.42 Å². The zero-order valence-electron chi connectivity index (χ0n) is 10.1. The molecule has 0 aromatic carbocycles. The van der Waals surface area contributed by atoms with Gasteiger partial charge in [0.25, 0.3) is 0 Å². The summed E-state index contributed by atoms with van der Waals surface area (Å²) in [5, 5.41) is 2.98. The first kappa shape index (κ1) is 13.4. The van der Waals surface area contributed by atoms with Gasteiger partial charge in [0.2, 0.25) is 5.91 Å². The number of rotatable bonds is 5. The van der Waals surface area contributed by atoms with Crippen LogP contribution in [0.3, 0.4) is 0 Å². The topological polar surface area (TPSA) is 55.1 Å². The first-order chi connectivity index (χ1) is 6.31. The zero-order valence-corrected chi connectivity index (χ0v) is 10.1. The van der Waals surface area contributed by atoms with Crippen LogP contribution in [0.15, 0.2) is 0 Å². The summed E-state index contributed by atoms with van der Waals surface area (Å²) in [5.41, 5.74) is 5.13. The lowest BCUT2D eigenvalue weighted by Crippen LogP contribution is -2.58. The van der Waals surface area contributed by atoms with Gasteiger partial charge in [-0.05, 0) is 33.1 Å². The van der Waals surface area contributed by atoms with Crippen molar-refractivity contribution in [3.05, 3.63) is 0 Å². The average molecular weight is 200 g/mol. The van der Waals surface area contributed by atoms with E-state index in [1.807, 2.05) is 27.7 Å². The van der Waals surface area contributed by atoms with Gasteiger partial charge in [-0.15, -0.1) is 0 Å². The van der Waals surface area contributed by atoms with Gasteiger partial charge in [0.15, 0.2) is 0 Å². The third-order valence-corrected chi connectivity index (χ3v) is 3.05. The molecule has 0 atom stereocenters. The van der Waals surface area contributed by atoms with Crippen LogP contribution in [0.2, 0.25) is 0 Å². The minimum atomic E-state index is -0.702. The molecule has 0 aromatic heterocycles. The van der Waals surface area contributed by atoms with E-state index in [1.165, 1.54) is 0 Å². The maximum atomic E-state index is 11.9. The molecular weight excluding hydrogens is 176 g/mol. The van der Waals surface area contributed by atoms with E-state index >= 15 is 0 Å². The number of nitrogens with two attached hydrogens (primary N) is 1. The summed E-state index contributed by atoms with van der Waals surface area (Å²) >= 11 is 0. The van der Waals surface area contributed by atoms with Crippen LogP contribution in [-0.4, -0.2) is 17.0 Å². The van der Waals surface area contributed by atoms with Crippen molar-refractivity contribution >= 4 is 5.91 Å². The molecular formula is C11H24N2O. The minimum Gasteiger partial charge on any atom is -0.350 e. The Morgan fingerprint density at radius 3 is 1.86 bits per heavy atom. The summed E-state index contributed by atoms with van der Waals surface area (Å²) in [6.07, 6.45) is 2.26. The summed E-state index contributed by atoms with van der Waals surface area (Å²) in [5.74, 6) is -0.0330. The number of carbonyl (C=O) groups excluding carboxylic acids is 1. The highest BCUT2D eigenvalue weighted by Crippen LogP contribution is 2.15. The SMILES string of the molecule is CCC(C)(C)NC(=O)C(N)(CC)CC. The predicted octanol–water partition coefficient (Wildman–Crippen LogP) is 1.81. The Balaban J connectivity index is 4.48. The first-order valence-corrected chi connectivity index (χ1v) is 5.42. The molecule has 0 bridgehead atoms. The van der Waals surface area contributed by atoms with Crippen molar-refractivity contribution in [2.45, 2.75) is 65.0 Å². The molecule has 3 N–H and O–H groups in total. The van der Waals surface area contributed by atoms with Gasteiger partial charge in [-0.2, -0.15) is 0 Å². The quantitative estimate of drug-likeness (QED) is 0.711. The van der Waals surface area contributed by atoms with Crippen LogP contribution in [0.1, 0.15) is 53.9 Å². The second-order valence-corrected chi connectivity index (χ2v) is 4.55. The van der Waals surface area contributed by atoms with Crippen molar-refractivity contribution in [3.63, 3.8) is 0 Å². The third kappa shape index (κ3) is 3.29. The molecule has 0 aliphatic heterocycles. The van der Waals surface area contributed by atoms with E-state index in [0.29, 0.717) is 12.8 Å². The van der Waals surface area contributed by atoms with Crippen molar-refractivity contribution < 1.29 is 4.79 Å². The van der Waals surface area contributed by atoms with E-state index < -0.39 is 5.54 Å². The van der Waals surface area contributed by atoms with Gasteiger partial charge < -0.3 is 11.1 Å². The Bertz CT molecular complexity index is 195. The summed E-state index contributed by atoms with van der Waals surface area (Å²) < 4.78 is 0. The fourth-order valence-corrected chi connectivity index (χ4v) is 1.09. The molecule has 1 amide bonds. The lowest BCUT2D eigenvalue weighted by Gasteiger charge is -2.32. The number of hydrogen-bond acceptors (Lipinski definition) is 2. The van der Waals surface area contributed by atoms with Crippen LogP contribution in [0.25, 0.3) is 0 Å². The highest BCUT2D eigenvalue weighted by Gasteiger charge is 2.32. The average Bonchev–Trinajstić information content (AvgIpc) is 2.16. The molecule has 3 heteroatoms. The molecule has 0 spiro atoms. The van der Waals surface area contributed by atoms with Crippen LogP contribution in [0.4, 0.5) is 0 Å². The molecule has 0 fully saturated rings. The number of hydrogen-bond donors (Lipinski definition) is 2. The van der Waals surface area contributed by atoms with Crippen molar-refractivity contribution in [2.75, 3.05) is 0 Å². The lowest BCUT2D eigenvalue weighted by molar-refractivity contribution is -0.128. The first-order valence-electron chi connectivity index (χ1n) is 5.42. The monoisotopic (exact) mass is 200 g/mol. The molecule has 0 unspecified atom stereocenters. The smallest absolute Gasteiger partial charge is 0.240 e. The number of nitrogens with one attached hydrogen (secondary N) is 1. The van der Waals surface area contributed by atoms with E-state index in [2.05, 4.69) is 12.2 Å². The van der Waals surface area contributed by atoms with E-state index in [-0.39, 0.29) is 11.4 Å². The van der Waals surface area contributed by atoms with Crippen LogP contribution in [0, 0.1) is 0 Å². The molecule has 0 aliphatic carbocycles. The molecule has 3 nitrogen and oxygen atoms in total. The van der Waals surface area contributed by atoms with Crippen LogP contribution in [0.5, 0.6) is 0 Å². The Kier molecular flexibility index (Phi) is 4.59. The normalized spacial score (nSPS) is 12.7. The van der Waals surface area contributed by atoms with Crippen molar-refractivity contribution in [2.24, 2.45) is 5.73 Å². The number of carbonyl (C=O) groups is 1. The molecule has 0 heterocycles. The molecule has 0 rings (SSSR count). The fraction of sp³-hybridized carbons (Fsp3) is 0.909. The molecule has 14 heavy (non-hydrogen) atoms. The van der Waals surface area contributed by atoms with Crippen LogP contribution < -0.4 is 11.1 Å². The van der Waals surface area contributed by atoms with Gasteiger partial charge in [-0.25, -0.2) is 0 Å². The van der Waals surface area contributed by atoms with Crippen LogP contribution in [-0.2, 0) is 4.79 Å². The molecule has 0 aliphatic rings. The van der Waals surface area contributed by atoms with Gasteiger partial charge >= 0.3 is 0 Å². The summed E-state index contributed by atoms with van der Waals surface area (Å²) in [7, 11) is 0. The Morgan fingerprint density at radius 2 is 1.57 bits per heavy atom. The van der Waals surface area contributed by atoms with Crippen molar-refractivity contribution in [3.8, 4) is 0 Å². The lowest BCUT2D eigenvalue weighted by atomic mass is 9.91. The molecule has 0 saturated heterocycles. The number of amides is 1. The Hall–Kier alpha value is -0.570. The second kappa shape index (κ2) is 4.78. The summed E-state index contributed by atoms with van der Waals surface area (Å²) in [6.45, 7) is 9.97. The zero-order chi connectivity index (χ0) is 11.4. The fourth-order valence-electron chi connectivity index (χ4n) is 1.09. The van der Waals surface area contributed by atoms with E-state index in [4.69, 9.17) is 5.73 Å². The van der Waals surface area contributed by atoms with Gasteiger partial charge in [-0.1, -0.05) is 20.8 Å². The predicted molar refractivity (Wildman–Crippen MR) is 60.0 cm³/mol. The molecule has 0 aromatic rings. The third-order valence-electron chi connectivity index (χ3n) is 3.05. The minimum absolute atomic E-state index is 0.0330. The summed E-state index contributed by atoms with van der Waals surface area (Å²) in [4.78, 5) is 11.9. The van der Waals surface area contributed by atoms with Gasteiger partial charge in [-0.3, -0.25) is 4.79 Å². The second-order valence-electron chi connectivity index (χ2n) is 4.55. The Morgan fingerprint density at radius 1 is 1.14 bits per heavy atom. The molecule has 0 radical (unpaired) electrons. The van der Waals surface area contributed by atoms with Gasteiger partial charge in [0.05, 0.1) is 5.54 Å². The standard InChI is InChI=1S/C11H24N2O/c1-6-10(4,5)13-9(14)11(12,7-2)8-3/h6-8,12H2,1-5H3,(H,13,14). The summed E-state index contributed by atoms with van der Waals surface area (Å²) in [6, 6.07) is 0. The maximum absolute atomic E-state index is 11.9. The van der Waals surface area contributed by atoms with Crippen molar-refractivity contribution in [1.82, 2.24) is 5.32 Å². The highest BCUT2D eigenvalue weighted by atomic mass is 16.2. The maximum Gasteiger partial charge on any atom is 0.240 e. The van der Waals surface area contributed by atoms with Gasteiger partial charge in [0, 0.05) is 5.54 Å². The largest absolute Gasteiger partial charge is 0.350 e. The van der Waals surface area contributed by atoms with E-state index in [9.17, 15) is 4.79 Å². The van der Waals surface area contributed by atoms with Crippen molar-refractivity contribution in [1.29, 1.82) is 0 Å². The van der Waals surface area contributed by atoms with Gasteiger partial charge in [0.1, 0.15) is 0 Å². The van der Waals surface area contributed by atoms with E-state index in [1.54, 1.807) is 0 Å². The molecule has 84 valence electrons. The highest BCUT2D eigenvalue weighted by molar-refractivity contribution is 5.86. The van der Waals surface area contributed by atoms with Crippen LogP contribution >= 0.6 is 0 Å². The Labute approximate surface area is 87.4 Å². The molecule has 0 saturated carbocycles.